The Morgan fingerprint density at radius 3 is 2.00 bits per heavy atom. The van der Waals surface area contributed by atoms with Gasteiger partial charge >= 0.3 is 0 Å². The van der Waals surface area contributed by atoms with Gasteiger partial charge in [-0.15, -0.1) is 0 Å². The summed E-state index contributed by atoms with van der Waals surface area (Å²) < 4.78 is 0. The van der Waals surface area contributed by atoms with Crippen LogP contribution in [0.5, 0.6) is 0 Å². The number of carbonyl (C=O) groups excluding carboxylic acids is 1. The Kier molecular flexibility index (Phi) is 1.84. The molecule has 80 valence electrons. The van der Waals surface area contributed by atoms with Gasteiger partial charge in [-0.25, -0.2) is 0 Å². The van der Waals surface area contributed by atoms with Crippen LogP contribution >= 0.6 is 0 Å². The average molecular weight is 205 g/mol. The first-order valence-electron chi connectivity index (χ1n) is 5.81. The van der Waals surface area contributed by atoms with E-state index >= 15 is 0 Å². The maximum Gasteiger partial charge on any atom is 0.225 e. The quantitative estimate of drug-likeness (QED) is 0.368. The van der Waals surface area contributed by atoms with Crippen LogP contribution < -0.4 is 0 Å². The zero-order chi connectivity index (χ0) is 10.5. The lowest BCUT2D eigenvalue weighted by Crippen LogP contribution is -2.49. The maximum atomic E-state index is 11.9. The van der Waals surface area contributed by atoms with E-state index in [4.69, 9.17) is 5.53 Å². The first-order valence-corrected chi connectivity index (χ1v) is 5.81. The minimum absolute atomic E-state index is 0.177. The molecule has 4 aliphatic carbocycles. The zero-order valence-corrected chi connectivity index (χ0v) is 8.72. The first-order chi connectivity index (χ1) is 7.22. The molecule has 4 rings (SSSR count). The van der Waals surface area contributed by atoms with Gasteiger partial charge in [-0.2, -0.15) is 0 Å². The topological polar surface area (TPSA) is 65.8 Å². The van der Waals surface area contributed by atoms with Crippen molar-refractivity contribution in [2.24, 2.45) is 28.3 Å². The van der Waals surface area contributed by atoms with Gasteiger partial charge in [0.05, 0.1) is 0 Å². The molecule has 0 aromatic heterocycles. The Bertz CT molecular complexity index is 322. The SMILES string of the molecule is [N-]=[N+]=NC(=O)[C@]12CC3C[C@H](C[C@H](C3)C1)C2. The number of hydrogen-bond donors (Lipinski definition) is 0. The fourth-order valence-corrected chi connectivity index (χ4v) is 4.52. The van der Waals surface area contributed by atoms with Crippen LogP contribution in [0.1, 0.15) is 38.5 Å². The summed E-state index contributed by atoms with van der Waals surface area (Å²) in [6.45, 7) is 0. The number of hydrogen-bond acceptors (Lipinski definition) is 1. The van der Waals surface area contributed by atoms with Gasteiger partial charge < -0.3 is 0 Å². The summed E-state index contributed by atoms with van der Waals surface area (Å²) in [5, 5.41) is 3.36. The van der Waals surface area contributed by atoms with Crippen molar-refractivity contribution < 1.29 is 4.79 Å². The van der Waals surface area contributed by atoms with Gasteiger partial charge in [0.2, 0.25) is 5.91 Å². The Hall–Kier alpha value is -1.02. The molecule has 4 fully saturated rings. The predicted molar refractivity (Wildman–Crippen MR) is 54.8 cm³/mol. The van der Waals surface area contributed by atoms with Gasteiger partial charge in [-0.1, -0.05) is 0 Å². The second-order valence-corrected chi connectivity index (χ2v) is 5.69. The van der Waals surface area contributed by atoms with Crippen LogP contribution in [-0.2, 0) is 4.79 Å². The largest absolute Gasteiger partial charge is 0.292 e. The monoisotopic (exact) mass is 205 g/mol. The summed E-state index contributed by atoms with van der Waals surface area (Å²) in [5.74, 6) is 2.02. The van der Waals surface area contributed by atoms with Crippen LogP contribution in [-0.4, -0.2) is 5.91 Å². The summed E-state index contributed by atoms with van der Waals surface area (Å²) >= 11 is 0. The molecule has 0 aromatic rings. The second-order valence-electron chi connectivity index (χ2n) is 5.69. The third kappa shape index (κ3) is 1.28. The van der Waals surface area contributed by atoms with E-state index in [1.54, 1.807) is 0 Å². The molecule has 0 saturated heterocycles. The Morgan fingerprint density at radius 1 is 1.13 bits per heavy atom. The van der Waals surface area contributed by atoms with E-state index in [9.17, 15) is 4.79 Å². The van der Waals surface area contributed by atoms with E-state index in [2.05, 4.69) is 10.0 Å². The minimum Gasteiger partial charge on any atom is -0.292 e. The fraction of sp³-hybridized carbons (Fsp3) is 0.909. The van der Waals surface area contributed by atoms with E-state index < -0.39 is 0 Å². The van der Waals surface area contributed by atoms with Crippen molar-refractivity contribution in [1.29, 1.82) is 0 Å². The summed E-state index contributed by atoms with van der Waals surface area (Å²) in [7, 11) is 0. The van der Waals surface area contributed by atoms with Gasteiger partial charge in [0.15, 0.2) is 0 Å². The molecular formula is C11H15N3O. The molecule has 0 spiro atoms. The van der Waals surface area contributed by atoms with Crippen molar-refractivity contribution in [3.8, 4) is 0 Å². The van der Waals surface area contributed by atoms with Crippen molar-refractivity contribution in [3.63, 3.8) is 0 Å². The van der Waals surface area contributed by atoms with Crippen LogP contribution in [0.3, 0.4) is 0 Å². The van der Waals surface area contributed by atoms with Gasteiger partial charge in [-0.3, -0.25) is 4.79 Å². The molecule has 15 heavy (non-hydrogen) atoms. The van der Waals surface area contributed by atoms with E-state index in [0.29, 0.717) is 0 Å². The summed E-state index contributed by atoms with van der Waals surface area (Å²) in [6, 6.07) is 0. The van der Waals surface area contributed by atoms with Crippen molar-refractivity contribution in [2.45, 2.75) is 38.5 Å². The molecule has 4 heteroatoms. The standard InChI is InChI=1S/C11H15N3O/c12-14-13-10(15)11-4-7-1-8(5-11)3-9(2-7)6-11/h7-9H,1-6H2/t7-,8+,9?,11-. The second kappa shape index (κ2) is 2.99. The van der Waals surface area contributed by atoms with E-state index in [1.165, 1.54) is 19.3 Å². The molecule has 0 aromatic carbocycles. The summed E-state index contributed by atoms with van der Waals surface area (Å²) in [5.41, 5.74) is 8.13. The third-order valence-corrected chi connectivity index (χ3v) is 4.63. The van der Waals surface area contributed by atoms with Crippen LogP contribution in [0.2, 0.25) is 0 Å². The molecule has 0 aliphatic heterocycles. The average Bonchev–Trinajstić information content (AvgIpc) is 2.15. The summed E-state index contributed by atoms with van der Waals surface area (Å²) in [6.07, 6.45) is 6.87. The van der Waals surface area contributed by atoms with Gasteiger partial charge in [-0.05, 0) is 66.9 Å². The molecule has 4 bridgehead atoms. The smallest absolute Gasteiger partial charge is 0.225 e. The highest BCUT2D eigenvalue weighted by Gasteiger charge is 2.54. The zero-order valence-electron chi connectivity index (χ0n) is 8.72. The number of rotatable bonds is 1. The molecule has 0 unspecified atom stereocenters. The van der Waals surface area contributed by atoms with Gasteiger partial charge in [0, 0.05) is 10.3 Å². The van der Waals surface area contributed by atoms with Crippen LogP contribution in [0.25, 0.3) is 10.4 Å². The fourth-order valence-electron chi connectivity index (χ4n) is 4.52. The molecule has 0 radical (unpaired) electrons. The minimum atomic E-state index is -0.249. The highest BCUT2D eigenvalue weighted by atomic mass is 16.2. The molecule has 4 saturated carbocycles. The predicted octanol–water partition coefficient (Wildman–Crippen LogP) is 3.04. The van der Waals surface area contributed by atoms with E-state index in [0.717, 1.165) is 37.0 Å². The third-order valence-electron chi connectivity index (χ3n) is 4.63. The molecule has 4 nitrogen and oxygen atoms in total. The highest BCUT2D eigenvalue weighted by Crippen LogP contribution is 2.60. The van der Waals surface area contributed by atoms with Crippen molar-refractivity contribution in [2.75, 3.05) is 0 Å². The van der Waals surface area contributed by atoms with E-state index in [1.807, 2.05) is 0 Å². The van der Waals surface area contributed by atoms with Crippen LogP contribution in [0, 0.1) is 23.2 Å². The highest BCUT2D eigenvalue weighted by molar-refractivity contribution is 5.83. The molecule has 1 amide bonds. The molecule has 0 atom stereocenters. The lowest BCUT2D eigenvalue weighted by atomic mass is 9.49. The van der Waals surface area contributed by atoms with Crippen LogP contribution in [0.4, 0.5) is 0 Å². The van der Waals surface area contributed by atoms with Gasteiger partial charge in [0.25, 0.3) is 0 Å². The van der Waals surface area contributed by atoms with Crippen molar-refractivity contribution in [3.05, 3.63) is 10.4 Å². The Labute approximate surface area is 88.7 Å². The number of nitrogens with zero attached hydrogens (tertiary/aromatic N) is 3. The van der Waals surface area contributed by atoms with Crippen LogP contribution in [0.15, 0.2) is 5.11 Å². The maximum absolute atomic E-state index is 11.9. The molecule has 0 N–H and O–H groups in total. The molecular weight excluding hydrogens is 190 g/mol. The molecule has 4 aliphatic rings. The lowest BCUT2D eigenvalue weighted by Gasteiger charge is -2.55. The number of carbonyl (C=O) groups is 1. The van der Waals surface area contributed by atoms with Crippen molar-refractivity contribution in [1.82, 2.24) is 0 Å². The lowest BCUT2D eigenvalue weighted by molar-refractivity contribution is -0.142. The normalized spacial score (nSPS) is 46.3. The first kappa shape index (κ1) is 9.22. The van der Waals surface area contributed by atoms with Gasteiger partial charge in [0.1, 0.15) is 0 Å². The molecule has 0 heterocycles. The Morgan fingerprint density at radius 2 is 1.60 bits per heavy atom. The van der Waals surface area contributed by atoms with Crippen molar-refractivity contribution >= 4 is 5.91 Å². The summed E-state index contributed by atoms with van der Waals surface area (Å²) in [4.78, 5) is 14.5. The number of azide groups is 1. The van der Waals surface area contributed by atoms with E-state index in [-0.39, 0.29) is 11.3 Å². The number of amides is 1. The Balaban J connectivity index is 1.92.